The van der Waals surface area contributed by atoms with Gasteiger partial charge in [-0.3, -0.25) is 0 Å². The first-order chi connectivity index (χ1) is 9.20. The minimum Gasteiger partial charge on any atom is -0.488 e. The van der Waals surface area contributed by atoms with Gasteiger partial charge >= 0.3 is 0 Å². The first-order valence-electron chi connectivity index (χ1n) is 5.85. The molecular weight excluding hydrogens is 306 g/mol. The third-order valence-corrected chi connectivity index (χ3v) is 3.31. The highest BCUT2D eigenvalue weighted by molar-refractivity contribution is 9.10. The maximum atomic E-state index is 8.66. The van der Waals surface area contributed by atoms with Crippen LogP contribution in [0.4, 0.5) is 0 Å². The zero-order valence-electron chi connectivity index (χ0n) is 10.5. The minimum absolute atomic E-state index is 0.487. The number of benzene rings is 2. The second-order valence-corrected chi connectivity index (χ2v) is 5.06. The molecule has 0 heterocycles. The van der Waals surface area contributed by atoms with Crippen LogP contribution < -0.4 is 4.74 Å². The number of rotatable bonds is 4. The first kappa shape index (κ1) is 13.6. The summed E-state index contributed by atoms with van der Waals surface area (Å²) >= 11 is 3.38. The van der Waals surface area contributed by atoms with Gasteiger partial charge in [-0.2, -0.15) is 0 Å². The monoisotopic (exact) mass is 319 g/mol. The first-order valence-corrected chi connectivity index (χ1v) is 6.64. The Morgan fingerprint density at radius 3 is 2.79 bits per heavy atom. The van der Waals surface area contributed by atoms with E-state index in [1.165, 1.54) is 11.8 Å². The third kappa shape index (κ3) is 3.58. The molecule has 4 heteroatoms. The predicted molar refractivity (Wildman–Crippen MR) is 79.0 cm³/mol. The van der Waals surface area contributed by atoms with E-state index in [0.29, 0.717) is 12.4 Å². The summed E-state index contributed by atoms with van der Waals surface area (Å²) in [6, 6.07) is 13.7. The molecule has 0 spiro atoms. The van der Waals surface area contributed by atoms with Crippen molar-refractivity contribution >= 4 is 22.1 Å². The second kappa shape index (κ2) is 6.38. The molecule has 0 aliphatic rings. The normalized spacial score (nSPS) is 10.8. The summed E-state index contributed by atoms with van der Waals surface area (Å²) in [6.45, 7) is 2.54. The number of aryl methyl sites for hydroxylation is 1. The summed E-state index contributed by atoms with van der Waals surface area (Å²) in [5.41, 5.74) is 3.06. The van der Waals surface area contributed by atoms with Crippen LogP contribution >= 0.6 is 15.9 Å². The molecule has 19 heavy (non-hydrogen) atoms. The van der Waals surface area contributed by atoms with Crippen molar-refractivity contribution in [1.82, 2.24) is 0 Å². The summed E-state index contributed by atoms with van der Waals surface area (Å²) in [5, 5.41) is 11.7. The van der Waals surface area contributed by atoms with Gasteiger partial charge in [-0.1, -0.05) is 45.4 Å². The van der Waals surface area contributed by atoms with Gasteiger partial charge in [-0.25, -0.2) is 0 Å². The molecule has 0 unspecified atom stereocenters. The van der Waals surface area contributed by atoms with Gasteiger partial charge in [0, 0.05) is 10.0 Å². The highest BCUT2D eigenvalue weighted by Gasteiger charge is 2.04. The number of nitrogens with zero attached hydrogens (tertiary/aromatic N) is 1. The van der Waals surface area contributed by atoms with Gasteiger partial charge in [-0.05, 0) is 36.2 Å². The fourth-order valence-corrected chi connectivity index (χ4v) is 2.12. The van der Waals surface area contributed by atoms with Crippen LogP contribution in [-0.4, -0.2) is 11.4 Å². The molecular formula is C15H14BrNO2. The number of hydrogen-bond donors (Lipinski definition) is 1. The SMILES string of the molecule is Cc1ccccc1COc1ccc(Br)cc1/C=N/O. The van der Waals surface area contributed by atoms with E-state index in [1.54, 1.807) is 0 Å². The maximum Gasteiger partial charge on any atom is 0.128 e. The molecule has 0 saturated carbocycles. The van der Waals surface area contributed by atoms with Crippen molar-refractivity contribution in [2.24, 2.45) is 5.16 Å². The van der Waals surface area contributed by atoms with Crippen LogP contribution in [0.5, 0.6) is 5.75 Å². The second-order valence-electron chi connectivity index (χ2n) is 4.14. The molecule has 98 valence electrons. The molecule has 0 aliphatic carbocycles. The van der Waals surface area contributed by atoms with Gasteiger partial charge in [0.15, 0.2) is 0 Å². The Morgan fingerprint density at radius 1 is 1.26 bits per heavy atom. The number of oxime groups is 1. The Kier molecular flexibility index (Phi) is 4.58. The van der Waals surface area contributed by atoms with Crippen molar-refractivity contribution in [2.75, 3.05) is 0 Å². The van der Waals surface area contributed by atoms with Gasteiger partial charge in [0.25, 0.3) is 0 Å². The average molecular weight is 320 g/mol. The molecule has 0 fully saturated rings. The molecule has 1 N–H and O–H groups in total. The Morgan fingerprint density at radius 2 is 2.05 bits per heavy atom. The van der Waals surface area contributed by atoms with Crippen molar-refractivity contribution in [1.29, 1.82) is 0 Å². The van der Waals surface area contributed by atoms with Gasteiger partial charge < -0.3 is 9.94 Å². The summed E-state index contributed by atoms with van der Waals surface area (Å²) in [5.74, 6) is 0.684. The number of hydrogen-bond acceptors (Lipinski definition) is 3. The highest BCUT2D eigenvalue weighted by Crippen LogP contribution is 2.23. The number of halogens is 1. The fraction of sp³-hybridized carbons (Fsp3) is 0.133. The zero-order valence-corrected chi connectivity index (χ0v) is 12.1. The molecule has 2 aromatic rings. The van der Waals surface area contributed by atoms with Crippen molar-refractivity contribution < 1.29 is 9.94 Å². The van der Waals surface area contributed by atoms with Crippen LogP contribution in [0.25, 0.3) is 0 Å². The van der Waals surface area contributed by atoms with Crippen molar-refractivity contribution in [3.05, 3.63) is 63.6 Å². The molecule has 0 radical (unpaired) electrons. The highest BCUT2D eigenvalue weighted by atomic mass is 79.9. The van der Waals surface area contributed by atoms with Crippen molar-refractivity contribution in [3.63, 3.8) is 0 Å². The lowest BCUT2D eigenvalue weighted by molar-refractivity contribution is 0.303. The third-order valence-electron chi connectivity index (χ3n) is 2.81. The maximum absolute atomic E-state index is 8.66. The summed E-state index contributed by atoms with van der Waals surface area (Å²) in [7, 11) is 0. The molecule has 3 nitrogen and oxygen atoms in total. The summed E-state index contributed by atoms with van der Waals surface area (Å²) < 4.78 is 6.70. The van der Waals surface area contributed by atoms with E-state index in [0.717, 1.165) is 15.6 Å². The van der Waals surface area contributed by atoms with Crippen LogP contribution in [-0.2, 0) is 6.61 Å². The fourth-order valence-electron chi connectivity index (χ4n) is 1.74. The van der Waals surface area contributed by atoms with Crippen LogP contribution in [0.1, 0.15) is 16.7 Å². The number of ether oxygens (including phenoxy) is 1. The van der Waals surface area contributed by atoms with Gasteiger partial charge in [0.05, 0.1) is 6.21 Å². The van der Waals surface area contributed by atoms with E-state index in [-0.39, 0.29) is 0 Å². The van der Waals surface area contributed by atoms with E-state index in [9.17, 15) is 0 Å². The van der Waals surface area contributed by atoms with Crippen LogP contribution in [0.15, 0.2) is 52.1 Å². The minimum atomic E-state index is 0.487. The lowest BCUT2D eigenvalue weighted by Gasteiger charge is -2.11. The van der Waals surface area contributed by atoms with Gasteiger partial charge in [0.1, 0.15) is 12.4 Å². The largest absolute Gasteiger partial charge is 0.488 e. The van der Waals surface area contributed by atoms with Crippen LogP contribution in [0, 0.1) is 6.92 Å². The van der Waals surface area contributed by atoms with Crippen LogP contribution in [0.2, 0.25) is 0 Å². The molecule has 2 rings (SSSR count). The van der Waals surface area contributed by atoms with E-state index >= 15 is 0 Å². The smallest absolute Gasteiger partial charge is 0.128 e. The standard InChI is InChI=1S/C15H14BrNO2/c1-11-4-2-3-5-12(11)10-19-15-7-6-14(16)8-13(15)9-17-18/h2-9,18H,10H2,1H3/b17-9+. The van der Waals surface area contributed by atoms with Gasteiger partial charge in [-0.15, -0.1) is 0 Å². The molecule has 0 bridgehead atoms. The molecule has 0 amide bonds. The van der Waals surface area contributed by atoms with E-state index in [1.807, 2.05) is 36.4 Å². The topological polar surface area (TPSA) is 41.8 Å². The summed E-state index contributed by atoms with van der Waals surface area (Å²) in [4.78, 5) is 0. The zero-order chi connectivity index (χ0) is 13.7. The Labute approximate surface area is 120 Å². The lowest BCUT2D eigenvalue weighted by atomic mass is 10.1. The van der Waals surface area contributed by atoms with E-state index in [2.05, 4.69) is 34.1 Å². The van der Waals surface area contributed by atoms with Crippen molar-refractivity contribution in [3.8, 4) is 5.75 Å². The Balaban J connectivity index is 2.18. The van der Waals surface area contributed by atoms with Gasteiger partial charge in [0.2, 0.25) is 0 Å². The molecule has 0 aliphatic heterocycles. The molecule has 0 aromatic heterocycles. The summed E-state index contributed by atoms with van der Waals surface area (Å²) in [6.07, 6.45) is 1.36. The average Bonchev–Trinajstić information content (AvgIpc) is 2.40. The van der Waals surface area contributed by atoms with E-state index < -0.39 is 0 Å². The predicted octanol–water partition coefficient (Wildman–Crippen LogP) is 4.14. The van der Waals surface area contributed by atoms with E-state index in [4.69, 9.17) is 9.94 Å². The molecule has 0 atom stereocenters. The lowest BCUT2D eigenvalue weighted by Crippen LogP contribution is -2.00. The Bertz CT molecular complexity index is 596. The molecule has 2 aromatic carbocycles. The quantitative estimate of drug-likeness (QED) is 0.522. The van der Waals surface area contributed by atoms with Crippen LogP contribution in [0.3, 0.4) is 0 Å². The Hall–Kier alpha value is -1.81. The molecule has 0 saturated heterocycles. The van der Waals surface area contributed by atoms with Crippen molar-refractivity contribution in [2.45, 2.75) is 13.5 Å².